The summed E-state index contributed by atoms with van der Waals surface area (Å²) >= 11 is 0. The predicted molar refractivity (Wildman–Crippen MR) is 144 cm³/mol. The van der Waals surface area contributed by atoms with E-state index in [4.69, 9.17) is 11.0 Å². The first kappa shape index (κ1) is 12.7. The Morgan fingerprint density at radius 3 is 2.03 bits per heavy atom. The van der Waals surface area contributed by atoms with E-state index in [1.165, 1.54) is 0 Å². The Morgan fingerprint density at radius 2 is 1.29 bits per heavy atom. The van der Waals surface area contributed by atoms with Crippen molar-refractivity contribution in [2.45, 2.75) is 6.92 Å². The monoisotopic (exact) mass is 442 g/mol. The van der Waals surface area contributed by atoms with Crippen molar-refractivity contribution < 1.29 is 11.0 Å². The topological polar surface area (TPSA) is 17.8 Å². The molecular weight excluding hydrogens is 412 g/mol. The van der Waals surface area contributed by atoms with Crippen LogP contribution in [-0.4, -0.2) is 9.55 Å². The molecule has 0 aliphatic carbocycles. The molecule has 1 heterocycles. The van der Waals surface area contributed by atoms with Crippen LogP contribution in [0.4, 0.5) is 0 Å². The maximum absolute atomic E-state index is 9.12. The van der Waals surface area contributed by atoms with Crippen LogP contribution < -0.4 is 0 Å². The number of rotatable bonds is 2. The molecule has 0 aliphatic rings. The van der Waals surface area contributed by atoms with Crippen molar-refractivity contribution in [2.24, 2.45) is 0 Å². The number of nitrogens with zero attached hydrogens (tertiary/aromatic N) is 2. The summed E-state index contributed by atoms with van der Waals surface area (Å²) in [7, 11) is 0. The fraction of sp³-hybridized carbons (Fsp3) is 0.0312. The molecule has 0 saturated carbocycles. The van der Waals surface area contributed by atoms with Crippen LogP contribution in [0.15, 0.2) is 115 Å². The Balaban J connectivity index is 1.86. The lowest BCUT2D eigenvalue weighted by Gasteiger charge is -2.19. The van der Waals surface area contributed by atoms with Crippen LogP contribution in [0.3, 0.4) is 0 Å². The van der Waals surface area contributed by atoms with Crippen molar-refractivity contribution in [1.29, 1.82) is 0 Å². The minimum atomic E-state index is -0.430. The highest BCUT2D eigenvalue weighted by Gasteiger charge is 2.19. The lowest BCUT2D eigenvalue weighted by molar-refractivity contribution is 1.02. The molecule has 0 saturated heterocycles. The molecule has 6 aromatic carbocycles. The third kappa shape index (κ3) is 2.72. The average molecular weight is 443 g/mol. The molecular formula is C32H22N2. The first-order valence-electron chi connectivity index (χ1n) is 15.0. The van der Waals surface area contributed by atoms with Crippen molar-refractivity contribution in [2.75, 3.05) is 0 Å². The highest BCUT2D eigenvalue weighted by atomic mass is 15.1. The molecule has 160 valence electrons. The van der Waals surface area contributed by atoms with E-state index in [1.807, 2.05) is 66.7 Å². The van der Waals surface area contributed by atoms with E-state index >= 15 is 0 Å². The number of fused-ring (bicyclic) bond motifs is 4. The van der Waals surface area contributed by atoms with Gasteiger partial charge in [0.15, 0.2) is 0 Å². The van der Waals surface area contributed by atoms with E-state index in [1.54, 1.807) is 11.5 Å². The minimum Gasteiger partial charge on any atom is -0.295 e. The van der Waals surface area contributed by atoms with E-state index in [0.717, 1.165) is 10.8 Å². The van der Waals surface area contributed by atoms with Gasteiger partial charge in [-0.25, -0.2) is 4.98 Å². The van der Waals surface area contributed by atoms with Gasteiger partial charge in [0.05, 0.1) is 27.7 Å². The Morgan fingerprint density at radius 1 is 0.676 bits per heavy atom. The minimum absolute atomic E-state index is 0.160. The second-order valence-electron chi connectivity index (χ2n) is 8.27. The van der Waals surface area contributed by atoms with Gasteiger partial charge in [-0.15, -0.1) is 0 Å². The van der Waals surface area contributed by atoms with Gasteiger partial charge in [0.1, 0.15) is 5.82 Å². The van der Waals surface area contributed by atoms with Gasteiger partial charge in [-0.1, -0.05) is 96.9 Å². The van der Waals surface area contributed by atoms with Crippen LogP contribution in [0.5, 0.6) is 0 Å². The molecule has 0 radical (unpaired) electrons. The van der Waals surface area contributed by atoms with Crippen molar-refractivity contribution in [1.82, 2.24) is 9.55 Å². The second-order valence-corrected chi connectivity index (χ2v) is 8.27. The molecule has 34 heavy (non-hydrogen) atoms. The summed E-state index contributed by atoms with van der Waals surface area (Å²) in [5.74, 6) is 0.511. The van der Waals surface area contributed by atoms with E-state index in [0.29, 0.717) is 28.0 Å². The van der Waals surface area contributed by atoms with Gasteiger partial charge in [-0.2, -0.15) is 0 Å². The van der Waals surface area contributed by atoms with Gasteiger partial charge >= 0.3 is 0 Å². The number of benzene rings is 6. The number of imidazole rings is 1. The Bertz CT molecular complexity index is 2230. The smallest absolute Gasteiger partial charge is 0.111 e. The zero-order valence-corrected chi connectivity index (χ0v) is 18.2. The van der Waals surface area contributed by atoms with E-state index < -0.39 is 24.2 Å². The quantitative estimate of drug-likeness (QED) is 0.246. The predicted octanol–water partition coefficient (Wildman–Crippen LogP) is 8.46. The van der Waals surface area contributed by atoms with Gasteiger partial charge in [0.25, 0.3) is 0 Å². The highest BCUT2D eigenvalue weighted by molar-refractivity contribution is 6.19. The Hall–Kier alpha value is -4.43. The summed E-state index contributed by atoms with van der Waals surface area (Å²) in [4.78, 5) is 4.68. The average Bonchev–Trinajstić information content (AvgIpc) is 3.34. The Labute approximate surface area is 209 Å². The van der Waals surface area contributed by atoms with Gasteiger partial charge < -0.3 is 0 Å². The van der Waals surface area contributed by atoms with Crippen molar-refractivity contribution in [3.63, 3.8) is 0 Å². The number of hydrogen-bond acceptors (Lipinski definition) is 1. The normalized spacial score (nSPS) is 15.0. The molecule has 0 atom stereocenters. The van der Waals surface area contributed by atoms with Crippen molar-refractivity contribution in [3.05, 3.63) is 121 Å². The molecule has 0 spiro atoms. The zero-order valence-electron chi connectivity index (χ0n) is 26.2. The number of hydrogen-bond donors (Lipinski definition) is 0. The second kappa shape index (κ2) is 7.29. The van der Waals surface area contributed by atoms with Crippen molar-refractivity contribution >= 4 is 43.4 Å². The molecule has 0 aliphatic heterocycles. The lowest BCUT2D eigenvalue weighted by atomic mass is 9.89. The van der Waals surface area contributed by atoms with Gasteiger partial charge in [-0.05, 0) is 57.8 Å². The molecule has 2 nitrogen and oxygen atoms in total. The van der Waals surface area contributed by atoms with E-state index in [9.17, 15) is 0 Å². The van der Waals surface area contributed by atoms with Gasteiger partial charge in [0, 0.05) is 10.8 Å². The first-order chi connectivity index (χ1) is 20.1. The molecule has 1 aromatic heterocycles. The summed E-state index contributed by atoms with van der Waals surface area (Å²) in [6.07, 6.45) is 0. The fourth-order valence-electron chi connectivity index (χ4n) is 4.89. The number of aromatic nitrogens is 2. The summed E-state index contributed by atoms with van der Waals surface area (Å²) in [6, 6.07) is 17.8. The third-order valence-electron chi connectivity index (χ3n) is 6.34. The van der Waals surface area contributed by atoms with E-state index in [2.05, 4.69) is 4.98 Å². The van der Waals surface area contributed by atoms with Crippen molar-refractivity contribution in [3.8, 4) is 16.8 Å². The molecule has 0 amide bonds. The summed E-state index contributed by atoms with van der Waals surface area (Å²) in [6.45, 7) is 1.77. The number of para-hydroxylation sites is 2. The number of aryl methyl sites for hydroxylation is 1. The van der Waals surface area contributed by atoms with Crippen LogP contribution in [0.2, 0.25) is 0 Å². The third-order valence-corrected chi connectivity index (χ3v) is 6.34. The molecule has 2 heteroatoms. The largest absolute Gasteiger partial charge is 0.295 e. The van der Waals surface area contributed by atoms with Crippen LogP contribution in [-0.2, 0) is 0 Å². The van der Waals surface area contributed by atoms with Gasteiger partial charge in [0.2, 0.25) is 0 Å². The summed E-state index contributed by atoms with van der Waals surface area (Å²) in [5.41, 5.74) is 2.45. The summed E-state index contributed by atoms with van der Waals surface area (Å²) in [5, 5.41) is 2.54. The Kier molecular flexibility index (Phi) is 2.73. The van der Waals surface area contributed by atoms with E-state index in [-0.39, 0.29) is 51.4 Å². The van der Waals surface area contributed by atoms with Gasteiger partial charge in [-0.3, -0.25) is 4.57 Å². The highest BCUT2D eigenvalue weighted by Crippen LogP contribution is 2.42. The maximum atomic E-state index is 9.12. The molecule has 0 bridgehead atoms. The van der Waals surface area contributed by atoms with Crippen LogP contribution in [0, 0.1) is 6.92 Å². The SMILES string of the molecule is [2H]c1c([2H])c([2H])c2c(-n3c(C)nc4ccccc43)c3c([2H])c([2H])c([2H])c([2H])c3c(-c3ccc4ccccc4c3)c2c1[2H]. The molecule has 0 N–H and O–H groups in total. The molecule has 7 aromatic rings. The standard InChI is InChI=1S/C32H22N2/c1-21-33-29-16-8-9-17-30(29)34(21)32-27-14-6-4-12-25(27)31(26-13-5-7-15-28(26)32)24-19-18-22-10-2-3-11-23(22)20-24/h2-20H,1H3/i4D,5D,6D,7D,12D,13D,14D,15D. The molecule has 0 fully saturated rings. The molecule has 7 rings (SSSR count). The van der Waals surface area contributed by atoms with Crippen LogP contribution >= 0.6 is 0 Å². The maximum Gasteiger partial charge on any atom is 0.111 e. The lowest BCUT2D eigenvalue weighted by Crippen LogP contribution is -2.01. The summed E-state index contributed by atoms with van der Waals surface area (Å²) < 4.78 is 72.6. The fourth-order valence-corrected chi connectivity index (χ4v) is 4.89. The van der Waals surface area contributed by atoms with Crippen LogP contribution in [0.1, 0.15) is 16.8 Å². The zero-order chi connectivity index (χ0) is 29.6. The first-order valence-corrected chi connectivity index (χ1v) is 11.0. The molecule has 0 unspecified atom stereocenters. The van der Waals surface area contributed by atoms with Crippen LogP contribution in [0.25, 0.3) is 60.2 Å².